The van der Waals surface area contributed by atoms with Crippen molar-refractivity contribution in [1.29, 1.82) is 0 Å². The highest BCUT2D eigenvalue weighted by Crippen LogP contribution is 2.25. The molecule has 0 atom stereocenters. The average molecular weight is 296 g/mol. The van der Waals surface area contributed by atoms with Crippen LogP contribution in [0, 0.1) is 10.1 Å². The molecule has 0 fully saturated rings. The molecule has 0 unspecified atom stereocenters. The van der Waals surface area contributed by atoms with Crippen molar-refractivity contribution < 1.29 is 19.2 Å². The fourth-order valence-electron chi connectivity index (χ4n) is 1.85. The Hall–Kier alpha value is -2.15. The van der Waals surface area contributed by atoms with E-state index in [1.165, 1.54) is 25.3 Å². The molecule has 7 nitrogen and oxygen atoms in total. The second kappa shape index (κ2) is 8.91. The number of esters is 1. The Morgan fingerprint density at radius 3 is 2.67 bits per heavy atom. The van der Waals surface area contributed by atoms with Gasteiger partial charge in [0.2, 0.25) is 0 Å². The molecular weight excluding hydrogens is 276 g/mol. The molecule has 116 valence electrons. The summed E-state index contributed by atoms with van der Waals surface area (Å²) in [6.45, 7) is 1.30. The lowest BCUT2D eigenvalue weighted by Gasteiger charge is -2.08. The lowest BCUT2D eigenvalue weighted by atomic mass is 10.1. The number of rotatable bonds is 9. The molecule has 0 spiro atoms. The Morgan fingerprint density at radius 1 is 1.29 bits per heavy atom. The molecule has 1 rings (SSSR count). The number of ether oxygens (including phenoxy) is 2. The molecule has 7 heteroatoms. The van der Waals surface area contributed by atoms with Gasteiger partial charge in [0.25, 0.3) is 5.69 Å². The van der Waals surface area contributed by atoms with Crippen molar-refractivity contribution in [1.82, 2.24) is 0 Å². The van der Waals surface area contributed by atoms with Crippen LogP contribution in [0.1, 0.15) is 29.6 Å². The first kappa shape index (κ1) is 16.9. The van der Waals surface area contributed by atoms with Gasteiger partial charge in [-0.2, -0.15) is 0 Å². The van der Waals surface area contributed by atoms with Crippen molar-refractivity contribution >= 4 is 17.3 Å². The molecule has 0 aliphatic heterocycles. The third-order valence-electron chi connectivity index (χ3n) is 2.96. The van der Waals surface area contributed by atoms with Gasteiger partial charge >= 0.3 is 5.97 Å². The Morgan fingerprint density at radius 2 is 2.05 bits per heavy atom. The van der Waals surface area contributed by atoms with E-state index in [9.17, 15) is 14.9 Å². The molecule has 0 aliphatic rings. The van der Waals surface area contributed by atoms with Crippen molar-refractivity contribution in [2.75, 3.05) is 32.7 Å². The molecule has 1 aromatic rings. The monoisotopic (exact) mass is 296 g/mol. The summed E-state index contributed by atoms with van der Waals surface area (Å²) in [4.78, 5) is 22.0. The van der Waals surface area contributed by atoms with E-state index in [4.69, 9.17) is 4.74 Å². The third kappa shape index (κ3) is 5.39. The van der Waals surface area contributed by atoms with Crippen LogP contribution in [0.2, 0.25) is 0 Å². The molecule has 0 radical (unpaired) electrons. The molecule has 0 saturated carbocycles. The molecular formula is C14H20N2O5. The first-order chi connectivity index (χ1) is 10.1. The van der Waals surface area contributed by atoms with Gasteiger partial charge in [-0.3, -0.25) is 10.1 Å². The molecule has 0 amide bonds. The van der Waals surface area contributed by atoms with E-state index < -0.39 is 10.9 Å². The highest BCUT2D eigenvalue weighted by Gasteiger charge is 2.16. The van der Waals surface area contributed by atoms with Crippen molar-refractivity contribution in [2.24, 2.45) is 0 Å². The van der Waals surface area contributed by atoms with Crippen LogP contribution in [-0.4, -0.2) is 38.3 Å². The van der Waals surface area contributed by atoms with E-state index in [-0.39, 0.29) is 11.3 Å². The minimum atomic E-state index is -0.520. The van der Waals surface area contributed by atoms with Gasteiger partial charge in [0.15, 0.2) is 0 Å². The zero-order valence-electron chi connectivity index (χ0n) is 12.3. The number of methoxy groups -OCH3 is 2. The summed E-state index contributed by atoms with van der Waals surface area (Å²) >= 11 is 0. The van der Waals surface area contributed by atoms with Crippen molar-refractivity contribution in [3.63, 3.8) is 0 Å². The smallest absolute Gasteiger partial charge is 0.337 e. The van der Waals surface area contributed by atoms with Crippen molar-refractivity contribution in [2.45, 2.75) is 19.3 Å². The zero-order chi connectivity index (χ0) is 15.7. The van der Waals surface area contributed by atoms with E-state index in [0.717, 1.165) is 19.3 Å². The van der Waals surface area contributed by atoms with Gasteiger partial charge in [-0.25, -0.2) is 4.79 Å². The van der Waals surface area contributed by atoms with Gasteiger partial charge in [-0.1, -0.05) is 0 Å². The van der Waals surface area contributed by atoms with Crippen LogP contribution in [-0.2, 0) is 9.47 Å². The van der Waals surface area contributed by atoms with E-state index >= 15 is 0 Å². The van der Waals surface area contributed by atoms with Crippen LogP contribution in [0.25, 0.3) is 0 Å². The molecule has 1 N–H and O–H groups in total. The number of nitrogens with one attached hydrogen (secondary N) is 1. The number of unbranched alkanes of at least 4 members (excludes halogenated alkanes) is 2. The maximum absolute atomic E-state index is 11.5. The number of anilines is 1. The average Bonchev–Trinajstić information content (AvgIpc) is 2.49. The standard InChI is InChI=1S/C14H20N2O5/c1-20-9-5-3-4-8-15-12-10-11(14(17)21-2)6-7-13(12)16(18)19/h6-7,10,15H,3-5,8-9H2,1-2H3. The topological polar surface area (TPSA) is 90.7 Å². The van der Waals surface area contributed by atoms with Crippen molar-refractivity contribution in [3.05, 3.63) is 33.9 Å². The predicted molar refractivity (Wildman–Crippen MR) is 78.7 cm³/mol. The zero-order valence-corrected chi connectivity index (χ0v) is 12.3. The summed E-state index contributed by atoms with van der Waals surface area (Å²) in [7, 11) is 2.92. The first-order valence-corrected chi connectivity index (χ1v) is 6.69. The maximum Gasteiger partial charge on any atom is 0.337 e. The molecule has 21 heavy (non-hydrogen) atoms. The fraction of sp³-hybridized carbons (Fsp3) is 0.500. The number of carbonyl (C=O) groups is 1. The fourth-order valence-corrected chi connectivity index (χ4v) is 1.85. The lowest BCUT2D eigenvalue weighted by Crippen LogP contribution is -2.07. The van der Waals surface area contributed by atoms with Gasteiger partial charge in [0.1, 0.15) is 5.69 Å². The number of nitrogens with zero attached hydrogens (tertiary/aromatic N) is 1. The van der Waals surface area contributed by atoms with Crippen LogP contribution < -0.4 is 5.32 Å². The number of benzene rings is 1. The molecule has 0 saturated heterocycles. The Labute approximate surface area is 123 Å². The number of hydrogen-bond donors (Lipinski definition) is 1. The second-order valence-corrected chi connectivity index (χ2v) is 4.46. The number of nitro groups is 1. The minimum absolute atomic E-state index is 0.0560. The minimum Gasteiger partial charge on any atom is -0.465 e. The van der Waals surface area contributed by atoms with Crippen LogP contribution in [0.15, 0.2) is 18.2 Å². The summed E-state index contributed by atoms with van der Waals surface area (Å²) in [6.07, 6.45) is 2.77. The normalized spacial score (nSPS) is 10.2. The van der Waals surface area contributed by atoms with Crippen LogP contribution in [0.3, 0.4) is 0 Å². The summed E-state index contributed by atoms with van der Waals surface area (Å²) in [5.41, 5.74) is 0.555. The van der Waals surface area contributed by atoms with E-state index in [0.29, 0.717) is 18.8 Å². The molecule has 0 heterocycles. The van der Waals surface area contributed by atoms with Crippen LogP contribution >= 0.6 is 0 Å². The van der Waals surface area contributed by atoms with Crippen LogP contribution in [0.5, 0.6) is 0 Å². The Kier molecular flexibility index (Phi) is 7.17. The second-order valence-electron chi connectivity index (χ2n) is 4.46. The summed E-state index contributed by atoms with van der Waals surface area (Å²) in [5.74, 6) is -0.520. The first-order valence-electron chi connectivity index (χ1n) is 6.69. The number of carbonyl (C=O) groups excluding carboxylic acids is 1. The highest BCUT2D eigenvalue weighted by atomic mass is 16.6. The lowest BCUT2D eigenvalue weighted by molar-refractivity contribution is -0.384. The number of nitro benzene ring substituents is 1. The van der Waals surface area contributed by atoms with Gasteiger partial charge in [-0.15, -0.1) is 0 Å². The van der Waals surface area contributed by atoms with E-state index in [1.54, 1.807) is 7.11 Å². The van der Waals surface area contributed by atoms with Gasteiger partial charge in [0.05, 0.1) is 17.6 Å². The van der Waals surface area contributed by atoms with E-state index in [1.807, 2.05) is 0 Å². The summed E-state index contributed by atoms with van der Waals surface area (Å²) in [6, 6.07) is 4.13. The molecule has 0 aliphatic carbocycles. The summed E-state index contributed by atoms with van der Waals surface area (Å²) in [5, 5.41) is 14.0. The van der Waals surface area contributed by atoms with Gasteiger partial charge in [0, 0.05) is 26.3 Å². The SMILES string of the molecule is COCCCCCNc1cc(C(=O)OC)ccc1[N+](=O)[O-]. The third-order valence-corrected chi connectivity index (χ3v) is 2.96. The van der Waals surface area contributed by atoms with Crippen molar-refractivity contribution in [3.8, 4) is 0 Å². The highest BCUT2D eigenvalue weighted by molar-refractivity contribution is 5.91. The molecule has 0 aromatic heterocycles. The van der Waals surface area contributed by atoms with E-state index in [2.05, 4.69) is 10.1 Å². The maximum atomic E-state index is 11.5. The molecule has 1 aromatic carbocycles. The summed E-state index contributed by atoms with van der Waals surface area (Å²) < 4.78 is 9.56. The quantitative estimate of drug-likeness (QED) is 0.326. The Bertz CT molecular complexity index is 490. The number of hydrogen-bond acceptors (Lipinski definition) is 6. The molecule has 0 bridgehead atoms. The predicted octanol–water partition coefficient (Wildman–Crippen LogP) is 2.61. The largest absolute Gasteiger partial charge is 0.465 e. The Balaban J connectivity index is 2.68. The van der Waals surface area contributed by atoms with Gasteiger partial charge < -0.3 is 14.8 Å². The van der Waals surface area contributed by atoms with Crippen LogP contribution in [0.4, 0.5) is 11.4 Å². The van der Waals surface area contributed by atoms with Gasteiger partial charge in [-0.05, 0) is 31.4 Å².